The van der Waals surface area contributed by atoms with Crippen molar-refractivity contribution in [3.63, 3.8) is 0 Å². The molecule has 6 rings (SSSR count). The second kappa shape index (κ2) is 10.7. The molecule has 5 aromatic rings. The van der Waals surface area contributed by atoms with Crippen LogP contribution in [0, 0.1) is 0 Å². The number of nitrogen functional groups attached to an aromatic ring is 1. The van der Waals surface area contributed by atoms with E-state index in [4.69, 9.17) is 17.3 Å². The molecule has 1 saturated heterocycles. The number of hydrogen-bond acceptors (Lipinski definition) is 7. The number of thiophene rings is 1. The lowest BCUT2D eigenvalue weighted by Crippen LogP contribution is -2.62. The number of halogens is 1. The Morgan fingerprint density at radius 2 is 1.87 bits per heavy atom. The average molecular weight is 556 g/mol. The number of nitrogens with two attached hydrogens (primary N) is 1. The Balaban J connectivity index is 1.31. The third-order valence-electron chi connectivity index (χ3n) is 7.34. The number of rotatable bonds is 6. The second-order valence-corrected chi connectivity index (χ2v) is 11.3. The Morgan fingerprint density at radius 1 is 1.03 bits per heavy atom. The number of amides is 1. The van der Waals surface area contributed by atoms with Crippen molar-refractivity contribution in [3.8, 4) is 0 Å². The first-order valence-corrected chi connectivity index (χ1v) is 13.9. The fraction of sp³-hybridized carbons (Fsp3) is 0.200. The molecule has 0 bridgehead atoms. The molecule has 1 unspecified atom stereocenters. The largest absolute Gasteiger partial charge is 0.383 e. The molecule has 0 spiro atoms. The third kappa shape index (κ3) is 5.11. The van der Waals surface area contributed by atoms with Gasteiger partial charge in [0.1, 0.15) is 18.4 Å². The monoisotopic (exact) mass is 555 g/mol. The Hall–Kier alpha value is -3.85. The predicted octanol–water partition coefficient (Wildman–Crippen LogP) is 5.22. The van der Waals surface area contributed by atoms with Crippen molar-refractivity contribution in [3.05, 3.63) is 100 Å². The predicted molar refractivity (Wildman–Crippen MR) is 156 cm³/mol. The number of carbonyl (C=O) groups is 2. The summed E-state index contributed by atoms with van der Waals surface area (Å²) in [5, 5.41) is 2.43. The molecule has 3 heterocycles. The molecule has 0 saturated carbocycles. The van der Waals surface area contributed by atoms with Crippen LogP contribution in [-0.4, -0.2) is 57.1 Å². The highest BCUT2D eigenvalue weighted by atomic mass is 35.5. The van der Waals surface area contributed by atoms with Crippen molar-refractivity contribution in [2.75, 3.05) is 18.8 Å². The molecule has 1 fully saturated rings. The molecule has 2 aromatic heterocycles. The van der Waals surface area contributed by atoms with E-state index in [0.29, 0.717) is 41.8 Å². The summed E-state index contributed by atoms with van der Waals surface area (Å²) < 4.78 is 0.969. The number of fused-ring (bicyclic) bond motifs is 2. The van der Waals surface area contributed by atoms with Crippen LogP contribution in [-0.2, 0) is 17.8 Å². The van der Waals surface area contributed by atoms with Gasteiger partial charge < -0.3 is 15.4 Å². The maximum absolute atomic E-state index is 13.9. The maximum atomic E-state index is 13.9. The van der Waals surface area contributed by atoms with Gasteiger partial charge in [0.05, 0.1) is 22.5 Å². The van der Waals surface area contributed by atoms with E-state index in [9.17, 15) is 9.59 Å². The molecule has 3 aromatic carbocycles. The zero-order valence-corrected chi connectivity index (χ0v) is 22.6. The molecule has 2 atom stereocenters. The highest BCUT2D eigenvalue weighted by Crippen LogP contribution is 2.31. The van der Waals surface area contributed by atoms with E-state index >= 15 is 0 Å². The van der Waals surface area contributed by atoms with Gasteiger partial charge in [0.15, 0.2) is 0 Å². The zero-order chi connectivity index (χ0) is 26.9. The SMILES string of the molecule is Nc1ncnc2cc(CN3CCN(C(=O)c4cc5ccc(Cl)cc5s4)[C@@H](Cc4ccccc4)C3C=O)ccc12. The molecule has 1 aliphatic heterocycles. The van der Waals surface area contributed by atoms with Gasteiger partial charge in [0.2, 0.25) is 0 Å². The smallest absolute Gasteiger partial charge is 0.264 e. The van der Waals surface area contributed by atoms with Crippen LogP contribution in [0.1, 0.15) is 20.8 Å². The van der Waals surface area contributed by atoms with Crippen molar-refractivity contribution in [2.45, 2.75) is 25.0 Å². The fourth-order valence-corrected chi connectivity index (χ4v) is 6.68. The van der Waals surface area contributed by atoms with E-state index in [1.165, 1.54) is 17.7 Å². The number of nitrogens with zero attached hydrogens (tertiary/aromatic N) is 4. The van der Waals surface area contributed by atoms with E-state index in [1.807, 2.05) is 77.7 Å². The first-order chi connectivity index (χ1) is 19.0. The molecular weight excluding hydrogens is 530 g/mol. The number of piperazine rings is 1. The quantitative estimate of drug-likeness (QED) is 0.289. The summed E-state index contributed by atoms with van der Waals surface area (Å²) in [5.74, 6) is 0.383. The van der Waals surface area contributed by atoms with Gasteiger partial charge in [-0.3, -0.25) is 9.69 Å². The van der Waals surface area contributed by atoms with Gasteiger partial charge in [-0.15, -0.1) is 11.3 Å². The molecule has 196 valence electrons. The lowest BCUT2D eigenvalue weighted by Gasteiger charge is -2.45. The Morgan fingerprint density at radius 3 is 2.69 bits per heavy atom. The standard InChI is InChI=1S/C30H26ClN5O2S/c31-22-8-7-21-14-28(39-27(21)15-22)30(38)36-11-10-35(26(17-37)25(36)13-19-4-2-1-3-5-19)16-20-6-9-23-24(12-20)33-18-34-29(23)32/h1-9,12,14-15,17-18,25-26H,10-11,13,16H2,(H2,32,33,34)/t25-,26?/m0/s1. The van der Waals surface area contributed by atoms with Gasteiger partial charge in [-0.2, -0.15) is 0 Å². The zero-order valence-electron chi connectivity index (χ0n) is 21.0. The summed E-state index contributed by atoms with van der Waals surface area (Å²) in [6.07, 6.45) is 3.02. The van der Waals surface area contributed by atoms with Gasteiger partial charge >= 0.3 is 0 Å². The summed E-state index contributed by atoms with van der Waals surface area (Å²) in [6, 6.07) is 22.7. The van der Waals surface area contributed by atoms with Crippen LogP contribution in [0.25, 0.3) is 21.0 Å². The number of hydrogen-bond donors (Lipinski definition) is 1. The van der Waals surface area contributed by atoms with Crippen LogP contribution in [0.5, 0.6) is 0 Å². The van der Waals surface area contributed by atoms with Crippen LogP contribution in [0.4, 0.5) is 5.82 Å². The highest BCUT2D eigenvalue weighted by molar-refractivity contribution is 7.20. The number of aromatic nitrogens is 2. The molecule has 1 aliphatic rings. The minimum atomic E-state index is -0.474. The van der Waals surface area contributed by atoms with E-state index in [-0.39, 0.29) is 11.9 Å². The number of benzene rings is 3. The minimum absolute atomic E-state index is 0.0577. The number of aldehydes is 1. The maximum Gasteiger partial charge on any atom is 0.264 e. The van der Waals surface area contributed by atoms with Crippen LogP contribution < -0.4 is 5.73 Å². The molecule has 1 amide bonds. The first kappa shape index (κ1) is 25.4. The second-order valence-electron chi connectivity index (χ2n) is 9.76. The van der Waals surface area contributed by atoms with E-state index in [1.54, 1.807) is 0 Å². The Kier molecular flexibility index (Phi) is 6.99. The van der Waals surface area contributed by atoms with Gasteiger partial charge in [0, 0.05) is 34.7 Å². The van der Waals surface area contributed by atoms with Gasteiger partial charge in [0.25, 0.3) is 5.91 Å². The van der Waals surface area contributed by atoms with Gasteiger partial charge in [-0.05, 0) is 53.3 Å². The van der Waals surface area contributed by atoms with E-state index in [2.05, 4.69) is 14.9 Å². The molecule has 39 heavy (non-hydrogen) atoms. The molecule has 0 aliphatic carbocycles. The van der Waals surface area contributed by atoms with Crippen LogP contribution >= 0.6 is 22.9 Å². The van der Waals surface area contributed by atoms with Crippen molar-refractivity contribution >= 4 is 61.9 Å². The molecule has 0 radical (unpaired) electrons. The van der Waals surface area contributed by atoms with E-state index < -0.39 is 6.04 Å². The summed E-state index contributed by atoms with van der Waals surface area (Å²) in [6.45, 7) is 1.64. The Labute approximate surface area is 234 Å². The van der Waals surface area contributed by atoms with Crippen molar-refractivity contribution in [2.24, 2.45) is 0 Å². The molecule has 2 N–H and O–H groups in total. The topological polar surface area (TPSA) is 92.4 Å². The first-order valence-electron chi connectivity index (χ1n) is 12.7. The van der Waals surface area contributed by atoms with Crippen LogP contribution in [0.15, 0.2) is 79.1 Å². The summed E-state index contributed by atoms with van der Waals surface area (Å²) in [4.78, 5) is 39.7. The average Bonchev–Trinajstić information content (AvgIpc) is 3.37. The Bertz CT molecular complexity index is 1670. The minimum Gasteiger partial charge on any atom is -0.383 e. The lowest BCUT2D eigenvalue weighted by molar-refractivity contribution is -0.116. The van der Waals surface area contributed by atoms with E-state index in [0.717, 1.165) is 38.4 Å². The lowest BCUT2D eigenvalue weighted by atomic mass is 9.94. The van der Waals surface area contributed by atoms with Crippen LogP contribution in [0.2, 0.25) is 5.02 Å². The summed E-state index contributed by atoms with van der Waals surface area (Å²) >= 11 is 7.62. The van der Waals surface area contributed by atoms with Gasteiger partial charge in [-0.25, -0.2) is 9.97 Å². The number of anilines is 1. The summed E-state index contributed by atoms with van der Waals surface area (Å²) in [5.41, 5.74) is 8.86. The molecular formula is C30H26ClN5O2S. The molecule has 7 nitrogen and oxygen atoms in total. The van der Waals surface area contributed by atoms with Gasteiger partial charge in [-0.1, -0.05) is 54.1 Å². The highest BCUT2D eigenvalue weighted by Gasteiger charge is 2.39. The van der Waals surface area contributed by atoms with Crippen molar-refractivity contribution < 1.29 is 9.59 Å². The molecule has 9 heteroatoms. The third-order valence-corrected chi connectivity index (χ3v) is 8.66. The van der Waals surface area contributed by atoms with Crippen molar-refractivity contribution in [1.82, 2.24) is 19.8 Å². The normalized spacial score (nSPS) is 18.0. The van der Waals surface area contributed by atoms with Crippen molar-refractivity contribution in [1.29, 1.82) is 0 Å². The van der Waals surface area contributed by atoms with Crippen LogP contribution in [0.3, 0.4) is 0 Å². The fourth-order valence-electron chi connectivity index (χ4n) is 5.39. The summed E-state index contributed by atoms with van der Waals surface area (Å²) in [7, 11) is 0. The number of carbonyl (C=O) groups excluding carboxylic acids is 2.